The van der Waals surface area contributed by atoms with E-state index in [0.29, 0.717) is 6.42 Å². The number of rotatable bonds is 4. The number of nitrogens with one attached hydrogen (secondary N) is 1. The van der Waals surface area contributed by atoms with Gasteiger partial charge in [-0.3, -0.25) is 4.79 Å². The molecule has 0 aliphatic heterocycles. The van der Waals surface area contributed by atoms with Crippen LogP contribution in [0.15, 0.2) is 4.99 Å². The highest BCUT2D eigenvalue weighted by Gasteiger charge is 2.04. The highest BCUT2D eigenvalue weighted by molar-refractivity contribution is 6.00. The van der Waals surface area contributed by atoms with Crippen LogP contribution in [0, 0.1) is 6.57 Å². The second-order valence-corrected chi connectivity index (χ2v) is 2.99. The van der Waals surface area contributed by atoms with Crippen LogP contribution in [0.2, 0.25) is 0 Å². The average Bonchev–Trinajstić information content (AvgIpc) is 2.17. The van der Waals surface area contributed by atoms with Crippen LogP contribution in [0.5, 0.6) is 0 Å². The Morgan fingerprint density at radius 3 is 2.75 bits per heavy atom. The number of amides is 2. The molecule has 0 spiro atoms. The second kappa shape index (κ2) is 8.41. The number of aliphatic imine (C=N–C) groups is 1. The Kier molecular flexibility index (Phi) is 7.41. The minimum Gasteiger partial charge on any atom is -0.440 e. The molecule has 16 heavy (non-hydrogen) atoms. The summed E-state index contributed by atoms with van der Waals surface area (Å²) < 4.78 is 4.60. The van der Waals surface area contributed by atoms with E-state index in [0.717, 1.165) is 6.42 Å². The van der Waals surface area contributed by atoms with Crippen LogP contribution < -0.4 is 5.32 Å². The lowest BCUT2D eigenvalue weighted by Gasteiger charge is -2.02. The first-order valence-corrected chi connectivity index (χ1v) is 4.95. The van der Waals surface area contributed by atoms with Gasteiger partial charge in [0, 0.05) is 6.42 Å². The second-order valence-electron chi connectivity index (χ2n) is 2.99. The number of amidine groups is 1. The summed E-state index contributed by atoms with van der Waals surface area (Å²) in [5, 5.41) is 2.45. The van der Waals surface area contributed by atoms with Crippen LogP contribution in [0.4, 0.5) is 4.79 Å². The summed E-state index contributed by atoms with van der Waals surface area (Å²) in [7, 11) is 0. The van der Waals surface area contributed by atoms with Crippen molar-refractivity contribution in [3.63, 3.8) is 0 Å². The van der Waals surface area contributed by atoms with Gasteiger partial charge in [-0.05, 0) is 13.3 Å². The molecule has 0 aromatic heterocycles. The lowest BCUT2D eigenvalue weighted by molar-refractivity contribution is -0.119. The van der Waals surface area contributed by atoms with Crippen molar-refractivity contribution in [2.45, 2.75) is 26.7 Å². The van der Waals surface area contributed by atoms with E-state index in [4.69, 9.17) is 6.57 Å². The molecule has 6 nitrogen and oxygen atoms in total. The topological polar surface area (TPSA) is 72.1 Å². The molecule has 0 aromatic rings. The largest absolute Gasteiger partial charge is 0.440 e. The summed E-state index contributed by atoms with van der Waals surface area (Å²) in [6.07, 6.45) is 0.326. The third-order valence-electron chi connectivity index (χ3n) is 1.49. The molecule has 88 valence electrons. The molecular formula is C10H15N3O3. The fourth-order valence-electron chi connectivity index (χ4n) is 0.867. The van der Waals surface area contributed by atoms with Gasteiger partial charge in [-0.2, -0.15) is 4.99 Å². The van der Waals surface area contributed by atoms with E-state index in [-0.39, 0.29) is 24.9 Å². The van der Waals surface area contributed by atoms with Gasteiger partial charge in [0.05, 0.1) is 0 Å². The van der Waals surface area contributed by atoms with Gasteiger partial charge in [-0.25, -0.2) is 11.4 Å². The molecule has 0 saturated heterocycles. The Morgan fingerprint density at radius 2 is 2.19 bits per heavy atom. The van der Waals surface area contributed by atoms with Gasteiger partial charge >= 0.3 is 6.09 Å². The Bertz CT molecular complexity index is 318. The summed E-state index contributed by atoms with van der Waals surface area (Å²) in [5.41, 5.74) is 0. The number of hydrogen-bond acceptors (Lipinski definition) is 3. The monoisotopic (exact) mass is 225 g/mol. The van der Waals surface area contributed by atoms with Crippen molar-refractivity contribution >= 4 is 17.8 Å². The van der Waals surface area contributed by atoms with Crippen molar-refractivity contribution in [2.75, 3.05) is 13.2 Å². The molecule has 0 atom stereocenters. The molecule has 0 rings (SSSR count). The number of nitrogens with zero attached hydrogens (tertiary/aromatic N) is 2. The normalized spacial score (nSPS) is 10.4. The molecule has 0 aliphatic carbocycles. The molecule has 0 heterocycles. The van der Waals surface area contributed by atoms with Crippen LogP contribution in [-0.4, -0.2) is 31.0 Å². The van der Waals surface area contributed by atoms with Crippen LogP contribution in [0.25, 0.3) is 4.85 Å². The molecule has 0 fully saturated rings. The van der Waals surface area contributed by atoms with Crippen molar-refractivity contribution in [3.8, 4) is 0 Å². The van der Waals surface area contributed by atoms with E-state index < -0.39 is 6.09 Å². The van der Waals surface area contributed by atoms with E-state index in [1.165, 1.54) is 6.92 Å². The maximum absolute atomic E-state index is 11.1. The van der Waals surface area contributed by atoms with E-state index in [9.17, 15) is 9.59 Å². The molecule has 1 N–H and O–H groups in total. The molecule has 0 unspecified atom stereocenters. The van der Waals surface area contributed by atoms with Gasteiger partial charge in [0.1, 0.15) is 5.84 Å². The molecule has 0 saturated carbocycles. The van der Waals surface area contributed by atoms with E-state index in [1.54, 1.807) is 0 Å². The van der Waals surface area contributed by atoms with Crippen molar-refractivity contribution in [3.05, 3.63) is 11.4 Å². The van der Waals surface area contributed by atoms with Gasteiger partial charge in [0.2, 0.25) is 12.5 Å². The van der Waals surface area contributed by atoms with Crippen molar-refractivity contribution in [1.29, 1.82) is 0 Å². The summed E-state index contributed by atoms with van der Waals surface area (Å²) in [4.78, 5) is 28.6. The lowest BCUT2D eigenvalue weighted by atomic mass is 10.3. The van der Waals surface area contributed by atoms with Crippen LogP contribution in [0.1, 0.15) is 26.7 Å². The summed E-state index contributed by atoms with van der Waals surface area (Å²) >= 11 is 0. The van der Waals surface area contributed by atoms with Crippen molar-refractivity contribution in [2.24, 2.45) is 4.99 Å². The van der Waals surface area contributed by atoms with Crippen molar-refractivity contribution in [1.82, 2.24) is 5.32 Å². The number of carbonyl (C=O) groups excluding carboxylic acids is 2. The molecular weight excluding hydrogens is 210 g/mol. The van der Waals surface area contributed by atoms with Gasteiger partial charge in [-0.1, -0.05) is 6.92 Å². The number of hydrogen-bond donors (Lipinski definition) is 1. The van der Waals surface area contributed by atoms with Crippen molar-refractivity contribution < 1.29 is 14.3 Å². The summed E-state index contributed by atoms with van der Waals surface area (Å²) in [5.74, 6) is 0.0176. The zero-order valence-corrected chi connectivity index (χ0v) is 9.45. The maximum atomic E-state index is 11.1. The van der Waals surface area contributed by atoms with Gasteiger partial charge in [0.25, 0.3) is 0 Å². The number of ether oxygens (including phenoxy) is 1. The van der Waals surface area contributed by atoms with Crippen LogP contribution in [-0.2, 0) is 9.53 Å². The standard InChI is InChI=1S/C10H15N3O3/c1-4-5-9(14)12-8(2)13-10(15)16-7-6-11-3/h4-7H2,1-2H3,(H,12,13,14,15). The van der Waals surface area contributed by atoms with Gasteiger partial charge in [0.15, 0.2) is 6.61 Å². The van der Waals surface area contributed by atoms with Crippen LogP contribution in [0.3, 0.4) is 0 Å². The zero-order valence-electron chi connectivity index (χ0n) is 9.45. The Hall–Kier alpha value is -1.90. The third kappa shape index (κ3) is 7.50. The first kappa shape index (κ1) is 14.1. The highest BCUT2D eigenvalue weighted by Crippen LogP contribution is 1.88. The number of carbonyl (C=O) groups is 2. The van der Waals surface area contributed by atoms with E-state index in [2.05, 4.69) is 19.9 Å². The Balaban J connectivity index is 3.97. The first-order valence-electron chi connectivity index (χ1n) is 4.95. The molecule has 6 heteroatoms. The van der Waals surface area contributed by atoms with Gasteiger partial charge in [-0.15, -0.1) is 0 Å². The molecule has 0 radical (unpaired) electrons. The maximum Gasteiger partial charge on any atom is 0.435 e. The van der Waals surface area contributed by atoms with Gasteiger partial charge < -0.3 is 14.9 Å². The molecule has 0 aromatic carbocycles. The molecule has 2 amide bonds. The lowest BCUT2D eigenvalue weighted by Crippen LogP contribution is -2.28. The molecule has 0 bridgehead atoms. The predicted octanol–water partition coefficient (Wildman–Crippen LogP) is 1.38. The molecule has 0 aliphatic rings. The minimum absolute atomic E-state index is 0.0159. The minimum atomic E-state index is -0.794. The summed E-state index contributed by atoms with van der Waals surface area (Å²) in [6, 6.07) is 0. The third-order valence-corrected chi connectivity index (χ3v) is 1.49. The SMILES string of the molecule is [C-]#[N+]CCOC(=O)/N=C(\C)NC(=O)CCC. The van der Waals surface area contributed by atoms with Crippen LogP contribution >= 0.6 is 0 Å². The fourth-order valence-corrected chi connectivity index (χ4v) is 0.867. The first-order chi connectivity index (χ1) is 7.60. The predicted molar refractivity (Wildman–Crippen MR) is 59.0 cm³/mol. The van der Waals surface area contributed by atoms with E-state index >= 15 is 0 Å². The zero-order chi connectivity index (χ0) is 12.4. The quantitative estimate of drug-likeness (QED) is 0.340. The fraction of sp³-hybridized carbons (Fsp3) is 0.600. The average molecular weight is 225 g/mol. The Labute approximate surface area is 94.5 Å². The highest BCUT2D eigenvalue weighted by atomic mass is 16.5. The smallest absolute Gasteiger partial charge is 0.435 e. The van der Waals surface area contributed by atoms with E-state index in [1.807, 2.05) is 6.92 Å². The Morgan fingerprint density at radius 1 is 1.50 bits per heavy atom. The summed E-state index contributed by atoms with van der Waals surface area (Å²) in [6.45, 7) is 9.98.